The molecule has 1 aromatic rings. The highest BCUT2D eigenvalue weighted by molar-refractivity contribution is 6.24. The van der Waals surface area contributed by atoms with Crippen LogP contribution in [0.1, 0.15) is 30.0 Å². The molecule has 12 nitrogen and oxygen atoms in total. The van der Waals surface area contributed by atoms with Gasteiger partial charge in [0.15, 0.2) is 11.4 Å². The lowest BCUT2D eigenvalue weighted by molar-refractivity contribution is -0.153. The highest BCUT2D eigenvalue weighted by Gasteiger charge is 2.64. The SMILES string of the molecule is CC(O)CN(C)Cc1cc(N(C)C)c2c(c1O)C(O)=C1C(=O)[C@]3(O)C(O)=C(C(N)=O)C(=O)[C@@H](N(C)C)[C@@H]3C[C@@H]1C2. The fraction of sp³-hybridized carbons (Fsp3) is 0.536. The van der Waals surface area contributed by atoms with Crippen molar-refractivity contribution in [1.29, 1.82) is 0 Å². The number of primary amides is 1. The van der Waals surface area contributed by atoms with Crippen LogP contribution >= 0.6 is 0 Å². The average Bonchev–Trinajstić information content (AvgIpc) is 2.81. The van der Waals surface area contributed by atoms with Gasteiger partial charge in [0.05, 0.1) is 17.7 Å². The number of nitrogens with zero attached hydrogens (tertiary/aromatic N) is 3. The number of carbonyl (C=O) groups is 3. The summed E-state index contributed by atoms with van der Waals surface area (Å²) < 4.78 is 0. The Balaban J connectivity index is 1.94. The second kappa shape index (κ2) is 10.2. The van der Waals surface area contributed by atoms with E-state index < -0.39 is 64.1 Å². The van der Waals surface area contributed by atoms with Crippen LogP contribution in [-0.4, -0.2) is 112 Å². The first-order chi connectivity index (χ1) is 18.5. The van der Waals surface area contributed by atoms with Crippen molar-refractivity contribution in [3.8, 4) is 5.75 Å². The topological polar surface area (TPSA) is 188 Å². The van der Waals surface area contributed by atoms with Gasteiger partial charge in [-0.1, -0.05) is 0 Å². The molecule has 0 aromatic heterocycles. The minimum absolute atomic E-state index is 0.0261. The second-order valence-corrected chi connectivity index (χ2v) is 11.7. The molecule has 5 atom stereocenters. The van der Waals surface area contributed by atoms with Crippen LogP contribution in [0, 0.1) is 11.8 Å². The molecular weight excluding hydrogens is 520 g/mol. The molecular formula is C28H38N4O8. The summed E-state index contributed by atoms with van der Waals surface area (Å²) in [4.78, 5) is 44.5. The van der Waals surface area contributed by atoms with E-state index in [1.807, 2.05) is 19.0 Å². The van der Waals surface area contributed by atoms with Gasteiger partial charge in [-0.2, -0.15) is 0 Å². The Morgan fingerprint density at radius 1 is 1.15 bits per heavy atom. The standard InChI is InChI=1S/C28H38N4O8/c1-12(33)10-32(6)11-14-9-17(30(2)3)15-7-13-8-16-21(31(4)5)24(36)20(27(29)39)26(38)28(16,40)25(37)18(13)23(35)19(15)22(14)34/h9,12-13,16,21,33-35,38,40H,7-8,10-11H2,1-6H3,(H2,29,39)/t12?,13-,16-,21-,28-/m0/s1. The van der Waals surface area contributed by atoms with Crippen molar-refractivity contribution < 1.29 is 39.9 Å². The molecule has 1 aromatic carbocycles. The number of fused-ring (bicyclic) bond motifs is 3. The van der Waals surface area contributed by atoms with Gasteiger partial charge in [-0.25, -0.2) is 0 Å². The van der Waals surface area contributed by atoms with Crippen molar-refractivity contribution in [1.82, 2.24) is 9.80 Å². The Morgan fingerprint density at radius 3 is 2.30 bits per heavy atom. The van der Waals surface area contributed by atoms with Crippen molar-refractivity contribution in [3.05, 3.63) is 39.7 Å². The van der Waals surface area contributed by atoms with Crippen molar-refractivity contribution in [2.75, 3.05) is 46.7 Å². The molecule has 4 rings (SSSR count). The number of aromatic hydroxyl groups is 1. The summed E-state index contributed by atoms with van der Waals surface area (Å²) in [7, 11) is 8.52. The Labute approximate surface area is 232 Å². The van der Waals surface area contributed by atoms with Crippen molar-refractivity contribution in [2.24, 2.45) is 17.6 Å². The lowest BCUT2D eigenvalue weighted by Gasteiger charge is -2.50. The van der Waals surface area contributed by atoms with Gasteiger partial charge in [-0.15, -0.1) is 0 Å². The fourth-order valence-electron chi connectivity index (χ4n) is 6.67. The fourth-order valence-corrected chi connectivity index (χ4v) is 6.67. The maximum atomic E-state index is 14.0. The number of carbonyl (C=O) groups excluding carboxylic acids is 3. The van der Waals surface area contributed by atoms with Gasteiger partial charge < -0.3 is 36.2 Å². The Kier molecular flexibility index (Phi) is 7.52. The molecule has 40 heavy (non-hydrogen) atoms. The quantitative estimate of drug-likeness (QED) is 0.244. The predicted molar refractivity (Wildman–Crippen MR) is 147 cm³/mol. The number of aliphatic hydroxyl groups is 4. The number of aliphatic hydroxyl groups excluding tert-OH is 3. The summed E-state index contributed by atoms with van der Waals surface area (Å²) in [6.07, 6.45) is -0.375. The summed E-state index contributed by atoms with van der Waals surface area (Å²) in [5, 5.41) is 55.4. The largest absolute Gasteiger partial charge is 0.508 e. The van der Waals surface area contributed by atoms with E-state index in [4.69, 9.17) is 5.73 Å². The molecule has 3 aliphatic carbocycles. The molecule has 218 valence electrons. The lowest BCUT2D eigenvalue weighted by Crippen LogP contribution is -2.65. The molecule has 1 amide bonds. The molecule has 0 aliphatic heterocycles. The first-order valence-corrected chi connectivity index (χ1v) is 13.1. The third-order valence-corrected chi connectivity index (χ3v) is 8.27. The summed E-state index contributed by atoms with van der Waals surface area (Å²) in [5.74, 6) is -6.78. The first kappa shape index (κ1) is 29.5. The van der Waals surface area contributed by atoms with Crippen LogP contribution in [0.2, 0.25) is 0 Å². The van der Waals surface area contributed by atoms with Gasteiger partial charge >= 0.3 is 0 Å². The van der Waals surface area contributed by atoms with Crippen LogP contribution in [0.15, 0.2) is 23.0 Å². The molecule has 0 spiro atoms. The average molecular weight is 559 g/mol. The third kappa shape index (κ3) is 4.35. The van der Waals surface area contributed by atoms with E-state index in [9.17, 15) is 39.9 Å². The van der Waals surface area contributed by atoms with Gasteiger partial charge in [0.1, 0.15) is 22.8 Å². The molecule has 0 radical (unpaired) electrons. The van der Waals surface area contributed by atoms with Crippen LogP contribution < -0.4 is 10.6 Å². The van der Waals surface area contributed by atoms with E-state index in [0.29, 0.717) is 23.4 Å². The lowest BCUT2D eigenvalue weighted by atomic mass is 9.57. The molecule has 3 aliphatic rings. The maximum absolute atomic E-state index is 14.0. The van der Waals surface area contributed by atoms with Crippen LogP contribution in [0.3, 0.4) is 0 Å². The van der Waals surface area contributed by atoms with Crippen LogP contribution in [0.4, 0.5) is 5.69 Å². The molecule has 1 saturated carbocycles. The number of hydrogen-bond donors (Lipinski definition) is 6. The van der Waals surface area contributed by atoms with E-state index in [0.717, 1.165) is 0 Å². The van der Waals surface area contributed by atoms with Crippen LogP contribution in [0.5, 0.6) is 5.75 Å². The van der Waals surface area contributed by atoms with Crippen LogP contribution in [0.25, 0.3) is 5.76 Å². The van der Waals surface area contributed by atoms with E-state index in [1.165, 1.54) is 4.90 Å². The number of amides is 1. The molecule has 0 bridgehead atoms. The second-order valence-electron chi connectivity index (χ2n) is 11.7. The Bertz CT molecular complexity index is 1350. The predicted octanol–water partition coefficient (Wildman–Crippen LogP) is -0.157. The normalized spacial score (nSPS) is 27.1. The smallest absolute Gasteiger partial charge is 0.255 e. The van der Waals surface area contributed by atoms with Gasteiger partial charge in [0, 0.05) is 49.9 Å². The minimum atomic E-state index is -2.68. The van der Waals surface area contributed by atoms with Gasteiger partial charge in [0.2, 0.25) is 5.78 Å². The molecule has 1 unspecified atom stereocenters. The number of phenols is 1. The van der Waals surface area contributed by atoms with E-state index >= 15 is 0 Å². The Hall–Kier alpha value is -3.45. The zero-order valence-corrected chi connectivity index (χ0v) is 23.6. The van der Waals surface area contributed by atoms with E-state index in [-0.39, 0.29) is 36.3 Å². The van der Waals surface area contributed by atoms with Crippen LogP contribution in [-0.2, 0) is 27.3 Å². The summed E-state index contributed by atoms with van der Waals surface area (Å²) in [6.45, 7) is 2.20. The first-order valence-electron chi connectivity index (χ1n) is 13.1. The number of rotatable bonds is 7. The highest BCUT2D eigenvalue weighted by Crippen LogP contribution is 2.54. The molecule has 1 fully saturated rings. The number of ketones is 2. The minimum Gasteiger partial charge on any atom is -0.508 e. The number of benzene rings is 1. The zero-order valence-electron chi connectivity index (χ0n) is 23.6. The van der Waals surface area contributed by atoms with Gasteiger partial charge in [0.25, 0.3) is 5.91 Å². The zero-order chi connectivity index (χ0) is 30.0. The maximum Gasteiger partial charge on any atom is 0.255 e. The van der Waals surface area contributed by atoms with E-state index in [1.54, 1.807) is 39.0 Å². The third-order valence-electron chi connectivity index (χ3n) is 8.27. The Morgan fingerprint density at radius 2 is 1.77 bits per heavy atom. The number of nitrogens with two attached hydrogens (primary N) is 1. The van der Waals surface area contributed by atoms with Crippen molar-refractivity contribution in [3.63, 3.8) is 0 Å². The number of Topliss-reactive ketones (excluding diaryl/α,β-unsaturated/α-hetero) is 2. The van der Waals surface area contributed by atoms with E-state index in [2.05, 4.69) is 0 Å². The van der Waals surface area contributed by atoms with Crippen molar-refractivity contribution >= 4 is 28.9 Å². The molecule has 12 heteroatoms. The highest BCUT2D eigenvalue weighted by atomic mass is 16.3. The van der Waals surface area contributed by atoms with Crippen molar-refractivity contribution in [2.45, 2.75) is 44.1 Å². The number of phenolic OH excluding ortho intramolecular Hbond substituents is 1. The molecule has 0 saturated heterocycles. The number of hydrogen-bond acceptors (Lipinski definition) is 11. The number of anilines is 1. The monoisotopic (exact) mass is 558 g/mol. The summed E-state index contributed by atoms with van der Waals surface area (Å²) >= 11 is 0. The van der Waals surface area contributed by atoms with Gasteiger partial charge in [-0.3, -0.25) is 24.2 Å². The molecule has 7 N–H and O–H groups in total. The summed E-state index contributed by atoms with van der Waals surface area (Å²) in [6, 6.07) is 0.665. The molecule has 0 heterocycles. The summed E-state index contributed by atoms with van der Waals surface area (Å²) in [5.41, 5.74) is 3.44. The van der Waals surface area contributed by atoms with Gasteiger partial charge in [-0.05, 0) is 58.5 Å². The number of likely N-dealkylation sites (N-methyl/N-ethyl adjacent to an activating group) is 2.